The zero-order valence-electron chi connectivity index (χ0n) is 11.6. The number of ether oxygens (including phenoxy) is 1. The van der Waals surface area contributed by atoms with Crippen LogP contribution in [0.4, 0.5) is 0 Å². The molecule has 0 aromatic carbocycles. The zero-order chi connectivity index (χ0) is 14.4. The molecule has 2 fully saturated rings. The zero-order valence-corrected chi connectivity index (χ0v) is 13.1. The molecule has 5 heteroatoms. The SMILES string of the molecule is Clc1cc(Cl)c2ncc(C3CC3C3CCOCC3)cc2n1. The van der Waals surface area contributed by atoms with Crippen LogP contribution in [-0.4, -0.2) is 23.2 Å². The van der Waals surface area contributed by atoms with Crippen molar-refractivity contribution in [3.8, 4) is 0 Å². The second kappa shape index (κ2) is 5.38. The molecule has 0 bridgehead atoms. The number of fused-ring (bicyclic) bond motifs is 1. The normalized spacial score (nSPS) is 26.2. The Labute approximate surface area is 133 Å². The van der Waals surface area contributed by atoms with Gasteiger partial charge in [0.05, 0.1) is 10.5 Å². The van der Waals surface area contributed by atoms with Crippen LogP contribution in [0.15, 0.2) is 18.3 Å². The minimum Gasteiger partial charge on any atom is -0.381 e. The maximum atomic E-state index is 6.16. The van der Waals surface area contributed by atoms with Gasteiger partial charge in [0.1, 0.15) is 10.7 Å². The summed E-state index contributed by atoms with van der Waals surface area (Å²) < 4.78 is 5.45. The lowest BCUT2D eigenvalue weighted by Crippen LogP contribution is -2.17. The van der Waals surface area contributed by atoms with Crippen molar-refractivity contribution in [1.29, 1.82) is 0 Å². The van der Waals surface area contributed by atoms with E-state index in [0.29, 0.717) is 16.1 Å². The van der Waals surface area contributed by atoms with E-state index in [1.807, 2.05) is 6.20 Å². The van der Waals surface area contributed by atoms with Crippen LogP contribution < -0.4 is 0 Å². The molecule has 110 valence electrons. The van der Waals surface area contributed by atoms with Gasteiger partial charge in [-0.2, -0.15) is 0 Å². The van der Waals surface area contributed by atoms with E-state index < -0.39 is 0 Å². The van der Waals surface area contributed by atoms with Crippen molar-refractivity contribution in [2.24, 2.45) is 11.8 Å². The molecule has 2 unspecified atom stereocenters. The summed E-state index contributed by atoms with van der Waals surface area (Å²) in [5, 5.41) is 0.983. The van der Waals surface area contributed by atoms with Gasteiger partial charge >= 0.3 is 0 Å². The van der Waals surface area contributed by atoms with Crippen LogP contribution in [0, 0.1) is 11.8 Å². The van der Waals surface area contributed by atoms with Crippen LogP contribution in [0.1, 0.15) is 30.7 Å². The molecule has 3 heterocycles. The number of pyridine rings is 2. The van der Waals surface area contributed by atoms with Crippen LogP contribution in [0.25, 0.3) is 11.0 Å². The van der Waals surface area contributed by atoms with Crippen molar-refractivity contribution in [2.75, 3.05) is 13.2 Å². The average Bonchev–Trinajstić information content (AvgIpc) is 3.28. The molecule has 1 aliphatic heterocycles. The third kappa shape index (κ3) is 2.63. The van der Waals surface area contributed by atoms with E-state index in [4.69, 9.17) is 27.9 Å². The van der Waals surface area contributed by atoms with Gasteiger partial charge in [-0.15, -0.1) is 0 Å². The predicted molar refractivity (Wildman–Crippen MR) is 83.9 cm³/mol. The Morgan fingerprint density at radius 2 is 1.95 bits per heavy atom. The summed E-state index contributed by atoms with van der Waals surface area (Å²) in [6, 6.07) is 3.74. The van der Waals surface area contributed by atoms with Crippen molar-refractivity contribution in [3.05, 3.63) is 34.1 Å². The van der Waals surface area contributed by atoms with Crippen molar-refractivity contribution in [1.82, 2.24) is 9.97 Å². The van der Waals surface area contributed by atoms with Gasteiger partial charge < -0.3 is 4.74 Å². The van der Waals surface area contributed by atoms with Gasteiger partial charge in [0, 0.05) is 19.4 Å². The van der Waals surface area contributed by atoms with E-state index in [-0.39, 0.29) is 0 Å². The molecule has 2 aliphatic rings. The molecule has 1 aliphatic carbocycles. The van der Waals surface area contributed by atoms with E-state index in [9.17, 15) is 0 Å². The first-order valence-electron chi connectivity index (χ1n) is 7.42. The van der Waals surface area contributed by atoms with E-state index >= 15 is 0 Å². The number of nitrogens with zero attached hydrogens (tertiary/aromatic N) is 2. The van der Waals surface area contributed by atoms with Gasteiger partial charge in [-0.3, -0.25) is 4.98 Å². The highest BCUT2D eigenvalue weighted by molar-refractivity contribution is 6.37. The smallest absolute Gasteiger partial charge is 0.131 e. The quantitative estimate of drug-likeness (QED) is 0.765. The maximum Gasteiger partial charge on any atom is 0.131 e. The minimum absolute atomic E-state index is 0.420. The molecule has 2 aromatic rings. The van der Waals surface area contributed by atoms with E-state index in [0.717, 1.165) is 36.1 Å². The van der Waals surface area contributed by atoms with Crippen LogP contribution in [0.2, 0.25) is 10.2 Å². The van der Waals surface area contributed by atoms with Crippen molar-refractivity contribution >= 4 is 34.2 Å². The molecule has 21 heavy (non-hydrogen) atoms. The summed E-state index contributed by atoms with van der Waals surface area (Å²) in [7, 11) is 0. The summed E-state index contributed by atoms with van der Waals surface area (Å²) in [5.74, 6) is 2.20. The third-order valence-electron chi connectivity index (χ3n) is 4.73. The molecule has 2 atom stereocenters. The molecule has 0 radical (unpaired) electrons. The summed E-state index contributed by atoms with van der Waals surface area (Å²) in [6.07, 6.45) is 5.59. The van der Waals surface area contributed by atoms with Gasteiger partial charge in [-0.05, 0) is 54.7 Å². The van der Waals surface area contributed by atoms with Crippen LogP contribution in [0.3, 0.4) is 0 Å². The second-order valence-corrected chi connectivity index (χ2v) is 6.81. The second-order valence-electron chi connectivity index (χ2n) is 6.02. The largest absolute Gasteiger partial charge is 0.381 e. The highest BCUT2D eigenvalue weighted by atomic mass is 35.5. The fraction of sp³-hybridized carbons (Fsp3) is 0.500. The molecule has 0 N–H and O–H groups in total. The number of aromatic nitrogens is 2. The number of hydrogen-bond donors (Lipinski definition) is 0. The summed E-state index contributed by atoms with van der Waals surface area (Å²) in [6.45, 7) is 1.83. The van der Waals surface area contributed by atoms with Gasteiger partial charge in [0.15, 0.2) is 0 Å². The molecule has 4 rings (SSSR count). The van der Waals surface area contributed by atoms with Crippen LogP contribution in [0.5, 0.6) is 0 Å². The summed E-state index contributed by atoms with van der Waals surface area (Å²) in [5.41, 5.74) is 2.79. The van der Waals surface area contributed by atoms with Gasteiger partial charge in [-0.25, -0.2) is 4.98 Å². The number of halogens is 2. The monoisotopic (exact) mass is 322 g/mol. The highest BCUT2D eigenvalue weighted by Crippen LogP contribution is 2.54. The molecule has 1 saturated carbocycles. The van der Waals surface area contributed by atoms with Crippen molar-refractivity contribution < 1.29 is 4.74 Å². The average molecular weight is 323 g/mol. The van der Waals surface area contributed by atoms with Gasteiger partial charge in [0.25, 0.3) is 0 Å². The Kier molecular flexibility index (Phi) is 3.52. The lowest BCUT2D eigenvalue weighted by atomic mass is 9.92. The summed E-state index contributed by atoms with van der Waals surface area (Å²) >= 11 is 12.1. The molecule has 2 aromatic heterocycles. The lowest BCUT2D eigenvalue weighted by molar-refractivity contribution is 0.0592. The first kappa shape index (κ1) is 13.7. The number of rotatable bonds is 2. The fourth-order valence-corrected chi connectivity index (χ4v) is 4.03. The molecule has 0 amide bonds. The Morgan fingerprint density at radius 3 is 2.76 bits per heavy atom. The maximum absolute atomic E-state index is 6.16. The first-order valence-corrected chi connectivity index (χ1v) is 8.17. The third-order valence-corrected chi connectivity index (χ3v) is 5.21. The molecular formula is C16H16Cl2N2O. The first-order chi connectivity index (χ1) is 10.2. The molecule has 3 nitrogen and oxygen atoms in total. The Morgan fingerprint density at radius 1 is 1.14 bits per heavy atom. The summed E-state index contributed by atoms with van der Waals surface area (Å²) in [4.78, 5) is 8.83. The Bertz CT molecular complexity index is 685. The van der Waals surface area contributed by atoms with Gasteiger partial charge in [-0.1, -0.05) is 23.2 Å². The van der Waals surface area contributed by atoms with E-state index in [1.165, 1.54) is 24.8 Å². The van der Waals surface area contributed by atoms with Crippen molar-refractivity contribution in [3.63, 3.8) is 0 Å². The Balaban J connectivity index is 1.60. The van der Waals surface area contributed by atoms with Gasteiger partial charge in [0.2, 0.25) is 0 Å². The van der Waals surface area contributed by atoms with Crippen molar-refractivity contribution in [2.45, 2.75) is 25.2 Å². The number of hydrogen-bond acceptors (Lipinski definition) is 3. The van der Waals surface area contributed by atoms with E-state index in [1.54, 1.807) is 6.07 Å². The Hall–Kier alpha value is -0.900. The fourth-order valence-electron chi connectivity index (χ4n) is 3.52. The van der Waals surface area contributed by atoms with Crippen LogP contribution >= 0.6 is 23.2 Å². The molecule has 0 spiro atoms. The lowest BCUT2D eigenvalue weighted by Gasteiger charge is -2.22. The standard InChI is InChI=1S/C16H16Cl2N2O/c17-13-7-15(18)20-14-5-10(8-19-16(13)14)12-6-11(12)9-1-3-21-4-2-9/h5,7-9,11-12H,1-4,6H2. The topological polar surface area (TPSA) is 35.0 Å². The predicted octanol–water partition coefficient (Wildman–Crippen LogP) is 4.47. The minimum atomic E-state index is 0.420. The highest BCUT2D eigenvalue weighted by Gasteiger charge is 2.44. The van der Waals surface area contributed by atoms with Crippen LogP contribution in [-0.2, 0) is 4.74 Å². The molecule has 1 saturated heterocycles. The van der Waals surface area contributed by atoms with E-state index in [2.05, 4.69) is 16.0 Å². The molecular weight excluding hydrogens is 307 g/mol.